The Morgan fingerprint density at radius 1 is 1.42 bits per heavy atom. The fourth-order valence-corrected chi connectivity index (χ4v) is 1.99. The second kappa shape index (κ2) is 5.87. The van der Waals surface area contributed by atoms with Crippen molar-refractivity contribution in [2.75, 3.05) is 25.6 Å². The Morgan fingerprint density at radius 2 is 2.00 bits per heavy atom. The molecule has 1 atom stereocenters. The van der Waals surface area contributed by atoms with Crippen molar-refractivity contribution in [1.29, 1.82) is 0 Å². The molecule has 0 saturated carbocycles. The molecule has 1 N–H and O–H groups in total. The molecule has 0 fully saturated rings. The van der Waals surface area contributed by atoms with Crippen LogP contribution in [0.15, 0.2) is 0 Å². The van der Waals surface area contributed by atoms with Crippen LogP contribution in [0.5, 0.6) is 0 Å². The Kier molecular flexibility index (Phi) is 6.02. The molecule has 2 heteroatoms. The molecule has 0 aliphatic carbocycles. The molecule has 0 rings (SSSR count). The third kappa shape index (κ3) is 3.81. The zero-order chi connectivity index (χ0) is 9.61. The highest BCUT2D eigenvalue weighted by molar-refractivity contribution is 7.98. The molecule has 74 valence electrons. The van der Waals surface area contributed by atoms with Gasteiger partial charge in [0.1, 0.15) is 0 Å². The number of nitrogens with one attached hydrogen (secondary N) is 1. The van der Waals surface area contributed by atoms with E-state index in [9.17, 15) is 0 Å². The summed E-state index contributed by atoms with van der Waals surface area (Å²) >= 11 is 1.94. The Hall–Kier alpha value is 0.310. The lowest BCUT2D eigenvalue weighted by Gasteiger charge is -2.33. The van der Waals surface area contributed by atoms with Gasteiger partial charge in [-0.25, -0.2) is 0 Å². The summed E-state index contributed by atoms with van der Waals surface area (Å²) in [5.41, 5.74) is 0.470. The zero-order valence-corrected chi connectivity index (χ0v) is 9.92. The van der Waals surface area contributed by atoms with E-state index >= 15 is 0 Å². The molecule has 0 aliphatic rings. The van der Waals surface area contributed by atoms with E-state index in [0.717, 1.165) is 12.5 Å². The maximum atomic E-state index is 3.29. The molecule has 0 amide bonds. The van der Waals surface area contributed by atoms with Crippen molar-refractivity contribution in [2.24, 2.45) is 11.3 Å². The first-order valence-corrected chi connectivity index (χ1v) is 6.09. The van der Waals surface area contributed by atoms with Gasteiger partial charge in [-0.3, -0.25) is 0 Å². The average Bonchev–Trinajstić information content (AvgIpc) is 2.01. The number of hydrogen-bond acceptors (Lipinski definition) is 2. The van der Waals surface area contributed by atoms with E-state index < -0.39 is 0 Å². The molecule has 0 bridgehead atoms. The molecule has 1 unspecified atom stereocenters. The fraction of sp³-hybridized carbons (Fsp3) is 1.00. The van der Waals surface area contributed by atoms with E-state index in [-0.39, 0.29) is 0 Å². The summed E-state index contributed by atoms with van der Waals surface area (Å²) in [7, 11) is 2.04. The monoisotopic (exact) mass is 189 g/mol. The van der Waals surface area contributed by atoms with Crippen LogP contribution in [0.3, 0.4) is 0 Å². The third-order valence-electron chi connectivity index (χ3n) is 2.85. The number of thioether (sulfide) groups is 1. The van der Waals surface area contributed by atoms with Gasteiger partial charge in [-0.15, -0.1) is 0 Å². The van der Waals surface area contributed by atoms with Gasteiger partial charge in [0.05, 0.1) is 0 Å². The minimum Gasteiger partial charge on any atom is -0.319 e. The smallest absolute Gasteiger partial charge is 0.000490 e. The minimum atomic E-state index is 0.470. The van der Waals surface area contributed by atoms with Gasteiger partial charge in [-0.2, -0.15) is 11.8 Å². The molecule has 0 aromatic carbocycles. The summed E-state index contributed by atoms with van der Waals surface area (Å²) < 4.78 is 0. The maximum Gasteiger partial charge on any atom is 0.000490 e. The highest BCUT2D eigenvalue weighted by atomic mass is 32.2. The van der Waals surface area contributed by atoms with Gasteiger partial charge in [0.2, 0.25) is 0 Å². The van der Waals surface area contributed by atoms with Crippen molar-refractivity contribution in [3.8, 4) is 0 Å². The quantitative estimate of drug-likeness (QED) is 0.689. The molecule has 0 aromatic heterocycles. The van der Waals surface area contributed by atoms with E-state index in [2.05, 4.69) is 32.3 Å². The highest BCUT2D eigenvalue weighted by Crippen LogP contribution is 2.31. The number of rotatable bonds is 6. The standard InChI is InChI=1S/C10H23NS/c1-9(2)10(3,8-11-4)6-7-12-5/h9,11H,6-8H2,1-5H3. The first kappa shape index (κ1) is 12.3. The fourth-order valence-electron chi connectivity index (χ4n) is 1.32. The second-order valence-electron chi connectivity index (χ2n) is 4.08. The van der Waals surface area contributed by atoms with Gasteiger partial charge in [-0.05, 0) is 36.8 Å². The van der Waals surface area contributed by atoms with Crippen molar-refractivity contribution in [3.05, 3.63) is 0 Å². The van der Waals surface area contributed by atoms with Gasteiger partial charge in [-0.1, -0.05) is 20.8 Å². The van der Waals surface area contributed by atoms with Gasteiger partial charge >= 0.3 is 0 Å². The predicted octanol–water partition coefficient (Wildman–Crippen LogP) is 2.62. The lowest BCUT2D eigenvalue weighted by molar-refractivity contribution is 0.207. The van der Waals surface area contributed by atoms with Crippen LogP contribution in [0.2, 0.25) is 0 Å². The van der Waals surface area contributed by atoms with Crippen LogP contribution >= 0.6 is 11.8 Å². The van der Waals surface area contributed by atoms with Gasteiger partial charge in [0.25, 0.3) is 0 Å². The van der Waals surface area contributed by atoms with Crippen molar-refractivity contribution in [1.82, 2.24) is 5.32 Å². The Labute approximate surface area is 81.7 Å². The van der Waals surface area contributed by atoms with Gasteiger partial charge in [0, 0.05) is 6.54 Å². The normalized spacial score (nSPS) is 16.5. The highest BCUT2D eigenvalue weighted by Gasteiger charge is 2.26. The van der Waals surface area contributed by atoms with Crippen LogP contribution in [0.25, 0.3) is 0 Å². The summed E-state index contributed by atoms with van der Waals surface area (Å²) in [5, 5.41) is 3.29. The van der Waals surface area contributed by atoms with E-state index in [1.54, 1.807) is 0 Å². The van der Waals surface area contributed by atoms with Crippen molar-refractivity contribution in [2.45, 2.75) is 27.2 Å². The second-order valence-corrected chi connectivity index (χ2v) is 5.07. The molecule has 0 radical (unpaired) electrons. The van der Waals surface area contributed by atoms with Crippen molar-refractivity contribution < 1.29 is 0 Å². The lowest BCUT2D eigenvalue weighted by Crippen LogP contribution is -2.35. The number of hydrogen-bond donors (Lipinski definition) is 1. The van der Waals surface area contributed by atoms with E-state index in [0.29, 0.717) is 5.41 Å². The summed E-state index contributed by atoms with van der Waals surface area (Å²) in [5.74, 6) is 2.04. The summed E-state index contributed by atoms with van der Waals surface area (Å²) in [4.78, 5) is 0. The van der Waals surface area contributed by atoms with Gasteiger partial charge < -0.3 is 5.32 Å². The first-order valence-electron chi connectivity index (χ1n) is 4.70. The zero-order valence-electron chi connectivity index (χ0n) is 9.11. The molecule has 0 spiro atoms. The topological polar surface area (TPSA) is 12.0 Å². The van der Waals surface area contributed by atoms with Crippen molar-refractivity contribution in [3.63, 3.8) is 0 Å². The average molecular weight is 189 g/mol. The SMILES string of the molecule is CNCC(C)(CCSC)C(C)C. The van der Waals surface area contributed by atoms with Crippen LogP contribution in [-0.4, -0.2) is 25.6 Å². The maximum absolute atomic E-state index is 3.29. The van der Waals surface area contributed by atoms with Crippen LogP contribution in [0.4, 0.5) is 0 Å². The molecule has 12 heavy (non-hydrogen) atoms. The van der Waals surface area contributed by atoms with E-state index in [1.165, 1.54) is 12.2 Å². The molecule has 0 aliphatic heterocycles. The van der Waals surface area contributed by atoms with E-state index in [4.69, 9.17) is 0 Å². The van der Waals surface area contributed by atoms with Crippen LogP contribution in [0, 0.1) is 11.3 Å². The molecule has 1 nitrogen and oxygen atoms in total. The Balaban J connectivity index is 3.99. The molecular formula is C10H23NS. The largest absolute Gasteiger partial charge is 0.319 e. The van der Waals surface area contributed by atoms with Crippen LogP contribution in [-0.2, 0) is 0 Å². The van der Waals surface area contributed by atoms with E-state index in [1.807, 2.05) is 18.8 Å². The molecule has 0 saturated heterocycles. The summed E-state index contributed by atoms with van der Waals surface area (Å²) in [6, 6.07) is 0. The third-order valence-corrected chi connectivity index (χ3v) is 3.46. The van der Waals surface area contributed by atoms with Crippen LogP contribution < -0.4 is 5.32 Å². The molecule has 0 aromatic rings. The summed E-state index contributed by atoms with van der Waals surface area (Å²) in [6.45, 7) is 8.14. The Morgan fingerprint density at radius 3 is 2.33 bits per heavy atom. The first-order chi connectivity index (χ1) is 5.56. The lowest BCUT2D eigenvalue weighted by atomic mass is 9.77. The minimum absolute atomic E-state index is 0.470. The molecule has 0 heterocycles. The Bertz CT molecular complexity index is 114. The predicted molar refractivity (Wildman–Crippen MR) is 59.9 cm³/mol. The molecular weight excluding hydrogens is 166 g/mol. The van der Waals surface area contributed by atoms with Crippen molar-refractivity contribution >= 4 is 11.8 Å². The van der Waals surface area contributed by atoms with Crippen LogP contribution in [0.1, 0.15) is 27.2 Å². The van der Waals surface area contributed by atoms with Gasteiger partial charge in [0.15, 0.2) is 0 Å². The summed E-state index contributed by atoms with van der Waals surface area (Å²) in [6.07, 6.45) is 3.49.